The largest absolute Gasteiger partial charge is 0.370 e. The minimum atomic E-state index is -0.180. The van der Waals surface area contributed by atoms with Crippen molar-refractivity contribution in [1.29, 1.82) is 0 Å². The molecule has 3 aromatic rings. The zero-order chi connectivity index (χ0) is 15.1. The van der Waals surface area contributed by atoms with E-state index in [0.717, 1.165) is 19.3 Å². The SMILES string of the molecule is NC(=O)C[C@@H]1CCc2c(ccc3c2ccc2ccccc23)C1. The van der Waals surface area contributed by atoms with Gasteiger partial charge in [-0.15, -0.1) is 0 Å². The molecule has 110 valence electrons. The molecule has 0 radical (unpaired) electrons. The van der Waals surface area contributed by atoms with Crippen molar-refractivity contribution >= 4 is 27.5 Å². The first-order chi connectivity index (χ1) is 10.7. The van der Waals surface area contributed by atoms with Gasteiger partial charge in [0.25, 0.3) is 0 Å². The topological polar surface area (TPSA) is 43.1 Å². The first-order valence-electron chi connectivity index (χ1n) is 7.93. The first-order valence-corrected chi connectivity index (χ1v) is 7.93. The van der Waals surface area contributed by atoms with E-state index in [1.54, 1.807) is 0 Å². The fourth-order valence-corrected chi connectivity index (χ4v) is 3.90. The van der Waals surface area contributed by atoms with E-state index in [4.69, 9.17) is 5.73 Å². The number of fused-ring (bicyclic) bond motifs is 5. The van der Waals surface area contributed by atoms with Gasteiger partial charge in [0, 0.05) is 6.42 Å². The summed E-state index contributed by atoms with van der Waals surface area (Å²) >= 11 is 0. The third-order valence-corrected chi connectivity index (χ3v) is 4.94. The molecule has 0 bridgehead atoms. The zero-order valence-corrected chi connectivity index (χ0v) is 12.5. The highest BCUT2D eigenvalue weighted by Crippen LogP contribution is 2.35. The summed E-state index contributed by atoms with van der Waals surface area (Å²) in [5.41, 5.74) is 8.21. The quantitative estimate of drug-likeness (QED) is 0.713. The van der Waals surface area contributed by atoms with Crippen LogP contribution in [0.4, 0.5) is 0 Å². The maximum absolute atomic E-state index is 11.2. The van der Waals surface area contributed by atoms with E-state index in [1.807, 2.05) is 0 Å². The molecule has 2 N–H and O–H groups in total. The molecule has 4 rings (SSSR count). The molecule has 3 aromatic carbocycles. The van der Waals surface area contributed by atoms with Crippen molar-refractivity contribution in [2.45, 2.75) is 25.7 Å². The van der Waals surface area contributed by atoms with Crippen molar-refractivity contribution in [2.24, 2.45) is 11.7 Å². The molecule has 0 heterocycles. The molecule has 2 heteroatoms. The fourth-order valence-electron chi connectivity index (χ4n) is 3.90. The third-order valence-electron chi connectivity index (χ3n) is 4.94. The minimum Gasteiger partial charge on any atom is -0.370 e. The predicted molar refractivity (Wildman–Crippen MR) is 90.8 cm³/mol. The van der Waals surface area contributed by atoms with Crippen molar-refractivity contribution in [3.8, 4) is 0 Å². The Morgan fingerprint density at radius 3 is 2.68 bits per heavy atom. The Labute approximate surface area is 129 Å². The second-order valence-electron chi connectivity index (χ2n) is 6.36. The van der Waals surface area contributed by atoms with E-state index >= 15 is 0 Å². The van der Waals surface area contributed by atoms with E-state index in [9.17, 15) is 4.79 Å². The number of amides is 1. The number of hydrogen-bond donors (Lipinski definition) is 1. The van der Waals surface area contributed by atoms with E-state index in [1.165, 1.54) is 32.7 Å². The summed E-state index contributed by atoms with van der Waals surface area (Å²) in [4.78, 5) is 11.2. The zero-order valence-electron chi connectivity index (χ0n) is 12.5. The van der Waals surface area contributed by atoms with Crippen LogP contribution in [0.3, 0.4) is 0 Å². The van der Waals surface area contributed by atoms with Crippen molar-refractivity contribution in [3.63, 3.8) is 0 Å². The van der Waals surface area contributed by atoms with Gasteiger partial charge in [0.2, 0.25) is 5.91 Å². The van der Waals surface area contributed by atoms with Crippen molar-refractivity contribution in [1.82, 2.24) is 0 Å². The summed E-state index contributed by atoms with van der Waals surface area (Å²) in [7, 11) is 0. The van der Waals surface area contributed by atoms with E-state index < -0.39 is 0 Å². The van der Waals surface area contributed by atoms with Crippen molar-refractivity contribution in [3.05, 3.63) is 59.7 Å². The molecule has 2 nitrogen and oxygen atoms in total. The normalized spacial score (nSPS) is 17.5. The molecule has 0 fully saturated rings. The minimum absolute atomic E-state index is 0.180. The lowest BCUT2D eigenvalue weighted by atomic mass is 9.80. The van der Waals surface area contributed by atoms with Crippen molar-refractivity contribution in [2.75, 3.05) is 0 Å². The van der Waals surface area contributed by atoms with Gasteiger partial charge in [0.05, 0.1) is 0 Å². The van der Waals surface area contributed by atoms with Crippen LogP contribution in [-0.2, 0) is 17.6 Å². The Morgan fingerprint density at radius 2 is 1.82 bits per heavy atom. The molecular formula is C20H19NO. The van der Waals surface area contributed by atoms with Crippen LogP contribution in [-0.4, -0.2) is 5.91 Å². The smallest absolute Gasteiger partial charge is 0.217 e. The van der Waals surface area contributed by atoms with Crippen molar-refractivity contribution < 1.29 is 4.79 Å². The number of rotatable bonds is 2. The molecule has 0 spiro atoms. The van der Waals surface area contributed by atoms with Crippen LogP contribution in [0.5, 0.6) is 0 Å². The highest BCUT2D eigenvalue weighted by atomic mass is 16.1. The maximum Gasteiger partial charge on any atom is 0.217 e. The second kappa shape index (κ2) is 5.13. The molecule has 0 aliphatic heterocycles. The van der Waals surface area contributed by atoms with Crippen LogP contribution in [0.2, 0.25) is 0 Å². The summed E-state index contributed by atoms with van der Waals surface area (Å²) in [5.74, 6) is 0.225. The van der Waals surface area contributed by atoms with Gasteiger partial charge < -0.3 is 5.73 Å². The van der Waals surface area contributed by atoms with Gasteiger partial charge in [-0.3, -0.25) is 4.79 Å². The molecule has 1 atom stereocenters. The van der Waals surface area contributed by atoms with Crippen LogP contribution in [0.15, 0.2) is 48.5 Å². The summed E-state index contributed by atoms with van der Waals surface area (Å²) in [5, 5.41) is 5.32. The Bertz CT molecular complexity index is 881. The molecule has 0 aromatic heterocycles. The predicted octanol–water partition coefficient (Wildman–Crippen LogP) is 3.97. The molecule has 0 unspecified atom stereocenters. The highest BCUT2D eigenvalue weighted by molar-refractivity contribution is 6.08. The summed E-state index contributed by atoms with van der Waals surface area (Å²) < 4.78 is 0. The molecule has 1 aliphatic rings. The van der Waals surface area contributed by atoms with Crippen LogP contribution in [0.25, 0.3) is 21.5 Å². The number of benzene rings is 3. The number of primary amides is 1. The van der Waals surface area contributed by atoms with Gasteiger partial charge in [0.1, 0.15) is 0 Å². The monoisotopic (exact) mass is 289 g/mol. The Hall–Kier alpha value is -2.35. The number of carbonyl (C=O) groups excluding carboxylic acids is 1. The second-order valence-corrected chi connectivity index (χ2v) is 6.36. The third kappa shape index (κ3) is 2.16. The van der Waals surface area contributed by atoms with E-state index in [2.05, 4.69) is 48.5 Å². The molecule has 1 aliphatic carbocycles. The van der Waals surface area contributed by atoms with Gasteiger partial charge in [-0.1, -0.05) is 48.5 Å². The molecule has 22 heavy (non-hydrogen) atoms. The number of nitrogens with two attached hydrogens (primary N) is 1. The molecule has 0 saturated carbocycles. The standard InChI is InChI=1S/C20H19NO/c21-20(22)12-13-5-8-17-15(11-13)7-10-18-16-4-2-1-3-14(16)6-9-19(17)18/h1-4,6-7,9-10,13H,5,8,11-12H2,(H2,21,22)/t13-/m1/s1. The molecular weight excluding hydrogens is 270 g/mol. The highest BCUT2D eigenvalue weighted by Gasteiger charge is 2.21. The first kappa shape index (κ1) is 13.3. The Balaban J connectivity index is 1.84. The summed E-state index contributed by atoms with van der Waals surface area (Å²) in [6.07, 6.45) is 3.58. The lowest BCUT2D eigenvalue weighted by molar-refractivity contribution is -0.119. The number of carbonyl (C=O) groups is 1. The Morgan fingerprint density at radius 1 is 1.00 bits per heavy atom. The number of hydrogen-bond acceptors (Lipinski definition) is 1. The lowest BCUT2D eigenvalue weighted by Gasteiger charge is -2.25. The van der Waals surface area contributed by atoms with Gasteiger partial charge >= 0.3 is 0 Å². The number of aryl methyl sites for hydroxylation is 1. The summed E-state index contributed by atoms with van der Waals surface area (Å²) in [6, 6.07) is 17.5. The average molecular weight is 289 g/mol. The summed E-state index contributed by atoms with van der Waals surface area (Å²) in [6.45, 7) is 0. The van der Waals surface area contributed by atoms with Crippen LogP contribution in [0.1, 0.15) is 24.0 Å². The molecule has 0 saturated heterocycles. The maximum atomic E-state index is 11.2. The van der Waals surface area contributed by atoms with E-state index in [-0.39, 0.29) is 5.91 Å². The molecule has 1 amide bonds. The van der Waals surface area contributed by atoms with Gasteiger partial charge in [-0.25, -0.2) is 0 Å². The van der Waals surface area contributed by atoms with Crippen LogP contribution < -0.4 is 5.73 Å². The van der Waals surface area contributed by atoms with Crippen LogP contribution in [0, 0.1) is 5.92 Å². The van der Waals surface area contributed by atoms with Crippen LogP contribution >= 0.6 is 0 Å². The van der Waals surface area contributed by atoms with Gasteiger partial charge in [-0.05, 0) is 57.9 Å². The average Bonchev–Trinajstić information content (AvgIpc) is 2.53. The fraction of sp³-hybridized carbons (Fsp3) is 0.250. The van der Waals surface area contributed by atoms with Gasteiger partial charge in [0.15, 0.2) is 0 Å². The van der Waals surface area contributed by atoms with Gasteiger partial charge in [-0.2, -0.15) is 0 Å². The van der Waals surface area contributed by atoms with E-state index in [0.29, 0.717) is 12.3 Å². The lowest BCUT2D eigenvalue weighted by Crippen LogP contribution is -2.21. The Kier molecular flexibility index (Phi) is 3.11.